The maximum Gasteiger partial charge on any atom is 0.418 e. The van der Waals surface area contributed by atoms with Crippen molar-refractivity contribution < 1.29 is 22.8 Å². The van der Waals surface area contributed by atoms with Gasteiger partial charge in [-0.3, -0.25) is 9.59 Å². The van der Waals surface area contributed by atoms with Crippen LogP contribution >= 0.6 is 11.3 Å². The molecule has 0 saturated carbocycles. The van der Waals surface area contributed by atoms with Crippen molar-refractivity contribution in [1.82, 2.24) is 9.88 Å². The summed E-state index contributed by atoms with van der Waals surface area (Å²) in [7, 11) is 0. The highest BCUT2D eigenvalue weighted by Gasteiger charge is 2.33. The van der Waals surface area contributed by atoms with Gasteiger partial charge in [0.2, 0.25) is 5.91 Å². The van der Waals surface area contributed by atoms with Crippen molar-refractivity contribution in [2.24, 2.45) is 0 Å². The van der Waals surface area contributed by atoms with Crippen molar-refractivity contribution in [2.45, 2.75) is 20.0 Å². The SMILES string of the molecule is CCN(CC(=O)Nc1ccccc1C(F)(F)F)C(=O)c1cnc(C)s1. The molecule has 0 bridgehead atoms. The second-order valence-electron chi connectivity index (χ2n) is 5.15. The summed E-state index contributed by atoms with van der Waals surface area (Å²) in [5.41, 5.74) is -1.27. The molecule has 1 aromatic heterocycles. The van der Waals surface area contributed by atoms with Gasteiger partial charge in [0.25, 0.3) is 5.91 Å². The molecule has 0 fully saturated rings. The lowest BCUT2D eigenvalue weighted by atomic mass is 10.1. The van der Waals surface area contributed by atoms with E-state index in [1.54, 1.807) is 13.8 Å². The van der Waals surface area contributed by atoms with Crippen molar-refractivity contribution in [3.05, 3.63) is 45.9 Å². The minimum atomic E-state index is -4.58. The van der Waals surface area contributed by atoms with Gasteiger partial charge in [-0.2, -0.15) is 13.2 Å². The number of anilines is 1. The number of likely N-dealkylation sites (N-methyl/N-ethyl adjacent to an activating group) is 1. The molecule has 0 saturated heterocycles. The predicted molar refractivity (Wildman–Crippen MR) is 88.5 cm³/mol. The molecule has 2 aromatic rings. The summed E-state index contributed by atoms with van der Waals surface area (Å²) in [6, 6.07) is 4.70. The number of carbonyl (C=O) groups excluding carboxylic acids is 2. The number of hydrogen-bond donors (Lipinski definition) is 1. The quantitative estimate of drug-likeness (QED) is 0.874. The fraction of sp³-hybridized carbons (Fsp3) is 0.312. The van der Waals surface area contributed by atoms with E-state index in [9.17, 15) is 22.8 Å². The average Bonchev–Trinajstić information content (AvgIpc) is 2.98. The molecule has 5 nitrogen and oxygen atoms in total. The Morgan fingerprint density at radius 3 is 2.52 bits per heavy atom. The summed E-state index contributed by atoms with van der Waals surface area (Å²) in [6.07, 6.45) is -3.16. The molecule has 0 unspecified atom stereocenters. The van der Waals surface area contributed by atoms with Crippen LogP contribution in [0.5, 0.6) is 0 Å². The largest absolute Gasteiger partial charge is 0.418 e. The summed E-state index contributed by atoms with van der Waals surface area (Å²) < 4.78 is 38.9. The highest BCUT2D eigenvalue weighted by atomic mass is 32.1. The molecule has 0 aliphatic carbocycles. The molecule has 0 atom stereocenters. The number of alkyl halides is 3. The van der Waals surface area contributed by atoms with Crippen LogP contribution in [-0.2, 0) is 11.0 Å². The molecule has 2 amide bonds. The van der Waals surface area contributed by atoms with E-state index >= 15 is 0 Å². The summed E-state index contributed by atoms with van der Waals surface area (Å²) in [5.74, 6) is -1.08. The molecule has 25 heavy (non-hydrogen) atoms. The molecular formula is C16H16F3N3O2S. The zero-order chi connectivity index (χ0) is 18.6. The Balaban J connectivity index is 2.10. The fourth-order valence-corrected chi connectivity index (χ4v) is 2.89. The van der Waals surface area contributed by atoms with Crippen molar-refractivity contribution in [3.8, 4) is 0 Å². The number of rotatable bonds is 5. The highest BCUT2D eigenvalue weighted by molar-refractivity contribution is 7.13. The number of hydrogen-bond acceptors (Lipinski definition) is 4. The molecule has 0 radical (unpaired) electrons. The number of amides is 2. The van der Waals surface area contributed by atoms with E-state index in [1.165, 1.54) is 40.6 Å². The van der Waals surface area contributed by atoms with Gasteiger partial charge in [-0.05, 0) is 26.0 Å². The van der Waals surface area contributed by atoms with Gasteiger partial charge in [0.1, 0.15) is 11.4 Å². The van der Waals surface area contributed by atoms with Crippen LogP contribution in [0.25, 0.3) is 0 Å². The summed E-state index contributed by atoms with van der Waals surface area (Å²) >= 11 is 1.19. The monoisotopic (exact) mass is 371 g/mol. The molecule has 0 aliphatic rings. The van der Waals surface area contributed by atoms with Crippen LogP contribution < -0.4 is 5.32 Å². The highest BCUT2D eigenvalue weighted by Crippen LogP contribution is 2.34. The average molecular weight is 371 g/mol. The van der Waals surface area contributed by atoms with E-state index in [2.05, 4.69) is 10.3 Å². The van der Waals surface area contributed by atoms with Gasteiger partial charge >= 0.3 is 6.18 Å². The number of para-hydroxylation sites is 1. The third-order valence-electron chi connectivity index (χ3n) is 3.34. The number of halogens is 3. The zero-order valence-corrected chi connectivity index (χ0v) is 14.4. The molecule has 1 N–H and O–H groups in total. The lowest BCUT2D eigenvalue weighted by Gasteiger charge is -2.20. The number of thiazole rings is 1. The maximum atomic E-state index is 13.0. The number of nitrogens with zero attached hydrogens (tertiary/aromatic N) is 2. The van der Waals surface area contributed by atoms with Crippen LogP contribution in [0.15, 0.2) is 30.5 Å². The second kappa shape index (κ2) is 7.64. The standard InChI is InChI=1S/C16H16F3N3O2S/c1-3-22(15(24)13-8-20-10(2)25-13)9-14(23)21-12-7-5-4-6-11(12)16(17,18)19/h4-8H,3,9H2,1-2H3,(H,21,23). The van der Waals surface area contributed by atoms with Crippen LogP contribution in [0.3, 0.4) is 0 Å². The van der Waals surface area contributed by atoms with E-state index in [0.29, 0.717) is 9.88 Å². The number of benzene rings is 1. The van der Waals surface area contributed by atoms with Gasteiger partial charge < -0.3 is 10.2 Å². The molecule has 1 heterocycles. The van der Waals surface area contributed by atoms with Gasteiger partial charge in [0.05, 0.1) is 22.5 Å². The lowest BCUT2D eigenvalue weighted by molar-refractivity contribution is -0.137. The van der Waals surface area contributed by atoms with Crippen molar-refractivity contribution in [2.75, 3.05) is 18.4 Å². The van der Waals surface area contributed by atoms with E-state index in [0.717, 1.165) is 6.07 Å². The van der Waals surface area contributed by atoms with Crippen molar-refractivity contribution in [3.63, 3.8) is 0 Å². The normalized spacial score (nSPS) is 11.2. The van der Waals surface area contributed by atoms with E-state index in [1.807, 2.05) is 0 Å². The van der Waals surface area contributed by atoms with Crippen LogP contribution in [0.4, 0.5) is 18.9 Å². The Labute approximate surface area is 146 Å². The minimum Gasteiger partial charge on any atom is -0.329 e. The van der Waals surface area contributed by atoms with Gasteiger partial charge in [-0.1, -0.05) is 12.1 Å². The molecular weight excluding hydrogens is 355 g/mol. The lowest BCUT2D eigenvalue weighted by Crippen LogP contribution is -2.37. The van der Waals surface area contributed by atoms with E-state index in [4.69, 9.17) is 0 Å². The summed E-state index contributed by atoms with van der Waals surface area (Å²) in [5, 5.41) is 2.94. The molecule has 2 rings (SSSR count). The Hall–Kier alpha value is -2.42. The number of nitrogens with one attached hydrogen (secondary N) is 1. The smallest absolute Gasteiger partial charge is 0.329 e. The topological polar surface area (TPSA) is 62.3 Å². The first-order chi connectivity index (χ1) is 11.7. The van der Waals surface area contributed by atoms with Crippen LogP contribution in [-0.4, -0.2) is 34.8 Å². The van der Waals surface area contributed by atoms with Gasteiger partial charge in [-0.25, -0.2) is 4.98 Å². The molecule has 134 valence electrons. The first kappa shape index (κ1) is 18.9. The van der Waals surface area contributed by atoms with Crippen molar-refractivity contribution in [1.29, 1.82) is 0 Å². The Morgan fingerprint density at radius 1 is 1.28 bits per heavy atom. The van der Waals surface area contributed by atoms with Crippen molar-refractivity contribution >= 4 is 28.8 Å². The van der Waals surface area contributed by atoms with Crippen LogP contribution in [0, 0.1) is 6.92 Å². The first-order valence-corrected chi connectivity index (χ1v) is 8.21. The van der Waals surface area contributed by atoms with Gasteiger partial charge in [0, 0.05) is 6.54 Å². The number of aryl methyl sites for hydroxylation is 1. The zero-order valence-electron chi connectivity index (χ0n) is 13.6. The van der Waals surface area contributed by atoms with Crippen LogP contribution in [0.1, 0.15) is 27.2 Å². The second-order valence-corrected chi connectivity index (χ2v) is 6.39. The van der Waals surface area contributed by atoms with E-state index < -0.39 is 17.6 Å². The Morgan fingerprint density at radius 2 is 1.96 bits per heavy atom. The first-order valence-electron chi connectivity index (χ1n) is 7.40. The molecule has 9 heteroatoms. The maximum absolute atomic E-state index is 13.0. The Bertz CT molecular complexity index is 774. The number of aromatic nitrogens is 1. The third-order valence-corrected chi connectivity index (χ3v) is 4.24. The summed E-state index contributed by atoms with van der Waals surface area (Å²) in [6.45, 7) is 3.32. The molecule has 1 aromatic carbocycles. The van der Waals surface area contributed by atoms with Crippen LogP contribution in [0.2, 0.25) is 0 Å². The Kier molecular flexibility index (Phi) is 5.78. The predicted octanol–water partition coefficient (Wildman–Crippen LogP) is 3.57. The third kappa shape index (κ3) is 4.79. The minimum absolute atomic E-state index is 0.240. The van der Waals surface area contributed by atoms with Gasteiger partial charge in [-0.15, -0.1) is 11.3 Å². The van der Waals surface area contributed by atoms with E-state index in [-0.39, 0.29) is 24.7 Å². The fourth-order valence-electron chi connectivity index (χ4n) is 2.15. The summed E-state index contributed by atoms with van der Waals surface area (Å²) in [4.78, 5) is 30.1. The van der Waals surface area contributed by atoms with Gasteiger partial charge in [0.15, 0.2) is 0 Å². The molecule has 0 aliphatic heterocycles. The molecule has 0 spiro atoms. The number of carbonyl (C=O) groups is 2.